The number of ether oxygens (including phenoxy) is 2. The Balaban J connectivity index is 1.74. The van der Waals surface area contributed by atoms with E-state index in [9.17, 15) is 0 Å². The van der Waals surface area contributed by atoms with Crippen LogP contribution in [0.4, 0.5) is 0 Å². The van der Waals surface area contributed by atoms with Crippen LogP contribution >= 0.6 is 12.2 Å². The van der Waals surface area contributed by atoms with E-state index in [2.05, 4.69) is 10.5 Å². The van der Waals surface area contributed by atoms with Crippen molar-refractivity contribution in [2.75, 3.05) is 0 Å². The predicted octanol–water partition coefficient (Wildman–Crippen LogP) is 4.01. The number of nitrogens with two attached hydrogens (primary N) is 1. The Kier molecular flexibility index (Phi) is 6.98. The van der Waals surface area contributed by atoms with E-state index in [-0.39, 0.29) is 5.11 Å². The van der Waals surface area contributed by atoms with E-state index >= 15 is 0 Å². The van der Waals surface area contributed by atoms with E-state index in [1.165, 1.54) is 0 Å². The van der Waals surface area contributed by atoms with Crippen LogP contribution < -0.4 is 20.6 Å². The molecule has 0 spiro atoms. The highest BCUT2D eigenvalue weighted by Gasteiger charge is 2.04. The first-order valence-electron chi connectivity index (χ1n) is 8.76. The molecule has 0 saturated carbocycles. The average molecular weight is 391 g/mol. The zero-order chi connectivity index (χ0) is 19.6. The first kappa shape index (κ1) is 19.4. The van der Waals surface area contributed by atoms with Crippen LogP contribution in [-0.4, -0.2) is 11.3 Å². The molecule has 3 aromatic rings. The maximum atomic E-state index is 5.94. The average Bonchev–Trinajstić information content (AvgIpc) is 2.72. The van der Waals surface area contributed by atoms with Crippen LogP contribution in [0.15, 0.2) is 84.0 Å². The van der Waals surface area contributed by atoms with Gasteiger partial charge in [-0.15, -0.1) is 0 Å². The van der Waals surface area contributed by atoms with Crippen LogP contribution in [0, 0.1) is 0 Å². The molecule has 0 fully saturated rings. The van der Waals surface area contributed by atoms with E-state index in [1.807, 2.05) is 78.9 Å². The molecule has 3 N–H and O–H groups in total. The topological polar surface area (TPSA) is 68.9 Å². The second-order valence-electron chi connectivity index (χ2n) is 6.02. The molecule has 0 unspecified atom stereocenters. The van der Waals surface area contributed by atoms with Crippen molar-refractivity contribution in [3.05, 3.63) is 95.6 Å². The first-order chi connectivity index (χ1) is 13.7. The zero-order valence-corrected chi connectivity index (χ0v) is 16.1. The molecule has 0 atom stereocenters. The van der Waals surface area contributed by atoms with Crippen LogP contribution in [0.25, 0.3) is 0 Å². The van der Waals surface area contributed by atoms with Gasteiger partial charge in [-0.25, -0.2) is 0 Å². The molecule has 0 aliphatic carbocycles. The largest absolute Gasteiger partial charge is 0.489 e. The summed E-state index contributed by atoms with van der Waals surface area (Å²) in [5, 5.41) is 4.11. The van der Waals surface area contributed by atoms with Gasteiger partial charge in [-0.1, -0.05) is 60.7 Å². The van der Waals surface area contributed by atoms with Crippen molar-refractivity contribution >= 4 is 23.5 Å². The number of thiocarbonyl (C=S) groups is 1. The number of hydrogen-bond donors (Lipinski definition) is 2. The fourth-order valence-electron chi connectivity index (χ4n) is 2.49. The number of hydrogen-bond acceptors (Lipinski definition) is 4. The molecule has 3 aromatic carbocycles. The van der Waals surface area contributed by atoms with Crippen molar-refractivity contribution < 1.29 is 9.47 Å². The third kappa shape index (κ3) is 6.41. The van der Waals surface area contributed by atoms with Crippen LogP contribution in [0.3, 0.4) is 0 Å². The molecule has 28 heavy (non-hydrogen) atoms. The first-order valence-corrected chi connectivity index (χ1v) is 9.17. The van der Waals surface area contributed by atoms with Crippen LogP contribution in [0.1, 0.15) is 16.7 Å². The molecule has 0 aliphatic heterocycles. The van der Waals surface area contributed by atoms with Gasteiger partial charge in [0.05, 0.1) is 6.21 Å². The Morgan fingerprint density at radius 1 is 0.857 bits per heavy atom. The molecular weight excluding hydrogens is 370 g/mol. The summed E-state index contributed by atoms with van der Waals surface area (Å²) in [6.45, 7) is 0.926. The molecule has 0 aliphatic rings. The van der Waals surface area contributed by atoms with E-state index in [4.69, 9.17) is 27.4 Å². The summed E-state index contributed by atoms with van der Waals surface area (Å²) in [4.78, 5) is 0. The smallest absolute Gasteiger partial charge is 0.184 e. The molecule has 3 rings (SSSR count). The van der Waals surface area contributed by atoms with Crippen molar-refractivity contribution in [2.24, 2.45) is 10.8 Å². The summed E-state index contributed by atoms with van der Waals surface area (Å²) in [5.74, 6) is 1.37. The highest BCUT2D eigenvalue weighted by molar-refractivity contribution is 7.80. The minimum Gasteiger partial charge on any atom is -0.489 e. The van der Waals surface area contributed by atoms with E-state index in [0.29, 0.717) is 24.7 Å². The van der Waals surface area contributed by atoms with Crippen LogP contribution in [0.2, 0.25) is 0 Å². The summed E-state index contributed by atoms with van der Waals surface area (Å²) in [7, 11) is 0. The SMILES string of the molecule is NC(=S)NN=Cc1cc(OCc2ccccc2)cc(OCc2ccccc2)c1. The van der Waals surface area contributed by atoms with Gasteiger partial charge in [0.1, 0.15) is 24.7 Å². The van der Waals surface area contributed by atoms with Gasteiger partial charge in [-0.2, -0.15) is 5.10 Å². The molecule has 0 aromatic heterocycles. The lowest BCUT2D eigenvalue weighted by Crippen LogP contribution is -2.23. The highest BCUT2D eigenvalue weighted by atomic mass is 32.1. The van der Waals surface area contributed by atoms with Crippen LogP contribution in [-0.2, 0) is 13.2 Å². The minimum atomic E-state index is 0.105. The molecule has 0 bridgehead atoms. The second-order valence-corrected chi connectivity index (χ2v) is 6.46. The van der Waals surface area contributed by atoms with Gasteiger partial charge < -0.3 is 15.2 Å². The predicted molar refractivity (Wildman–Crippen MR) is 116 cm³/mol. The number of nitrogens with one attached hydrogen (secondary N) is 1. The molecule has 6 heteroatoms. The summed E-state index contributed by atoms with van der Waals surface area (Å²) in [6, 6.07) is 25.6. The molecule has 0 saturated heterocycles. The van der Waals surface area contributed by atoms with E-state index < -0.39 is 0 Å². The normalized spacial score (nSPS) is 10.6. The number of nitrogens with zero attached hydrogens (tertiary/aromatic N) is 1. The summed E-state index contributed by atoms with van der Waals surface area (Å²) < 4.78 is 11.9. The monoisotopic (exact) mass is 391 g/mol. The Morgan fingerprint density at radius 2 is 1.36 bits per heavy atom. The number of benzene rings is 3. The van der Waals surface area contributed by atoms with Crippen LogP contribution in [0.5, 0.6) is 11.5 Å². The summed E-state index contributed by atoms with van der Waals surface area (Å²) in [6.07, 6.45) is 1.61. The standard InChI is InChI=1S/C22H21N3O2S/c23-22(28)25-24-14-19-11-20(26-15-17-7-3-1-4-8-17)13-21(12-19)27-16-18-9-5-2-6-10-18/h1-14H,15-16H2,(H3,23,25,28). The van der Waals surface area contributed by atoms with Crippen molar-refractivity contribution in [1.29, 1.82) is 0 Å². The third-order valence-electron chi connectivity index (χ3n) is 3.79. The molecule has 142 valence electrons. The molecular formula is C22H21N3O2S. The van der Waals surface area contributed by atoms with Crippen molar-refractivity contribution in [3.8, 4) is 11.5 Å². The fourth-order valence-corrected chi connectivity index (χ4v) is 2.54. The number of rotatable bonds is 8. The third-order valence-corrected chi connectivity index (χ3v) is 3.88. The molecule has 0 heterocycles. The maximum Gasteiger partial charge on any atom is 0.184 e. The van der Waals surface area contributed by atoms with Crippen molar-refractivity contribution in [3.63, 3.8) is 0 Å². The Labute approximate surface area is 169 Å². The summed E-state index contributed by atoms with van der Waals surface area (Å²) >= 11 is 4.76. The lowest BCUT2D eigenvalue weighted by atomic mass is 10.2. The zero-order valence-electron chi connectivity index (χ0n) is 15.2. The Hall–Kier alpha value is -3.38. The van der Waals surface area contributed by atoms with Gasteiger partial charge >= 0.3 is 0 Å². The van der Waals surface area contributed by atoms with Gasteiger partial charge in [0.15, 0.2) is 5.11 Å². The van der Waals surface area contributed by atoms with Gasteiger partial charge in [-0.3, -0.25) is 5.43 Å². The Bertz CT molecular complexity index is 869. The minimum absolute atomic E-state index is 0.105. The van der Waals surface area contributed by atoms with E-state index in [1.54, 1.807) is 6.21 Å². The molecule has 5 nitrogen and oxygen atoms in total. The number of hydrazone groups is 1. The van der Waals surface area contributed by atoms with E-state index in [0.717, 1.165) is 16.7 Å². The van der Waals surface area contributed by atoms with Gasteiger partial charge in [0, 0.05) is 11.6 Å². The maximum absolute atomic E-state index is 5.94. The lowest BCUT2D eigenvalue weighted by Gasteiger charge is -2.11. The van der Waals surface area contributed by atoms with Gasteiger partial charge in [0.2, 0.25) is 0 Å². The molecule has 0 radical (unpaired) electrons. The van der Waals surface area contributed by atoms with Gasteiger partial charge in [0.25, 0.3) is 0 Å². The van der Waals surface area contributed by atoms with Gasteiger partial charge in [-0.05, 0) is 35.5 Å². The second kappa shape index (κ2) is 10.1. The fraction of sp³-hybridized carbons (Fsp3) is 0.0909. The highest BCUT2D eigenvalue weighted by Crippen LogP contribution is 2.24. The lowest BCUT2D eigenvalue weighted by molar-refractivity contribution is 0.290. The van der Waals surface area contributed by atoms with Crippen molar-refractivity contribution in [2.45, 2.75) is 13.2 Å². The summed E-state index contributed by atoms with van der Waals surface area (Å²) in [5.41, 5.74) is 10.9. The molecule has 0 amide bonds. The van der Waals surface area contributed by atoms with Crippen molar-refractivity contribution in [1.82, 2.24) is 5.43 Å². The quantitative estimate of drug-likeness (QED) is 0.345. The Morgan fingerprint density at radius 3 is 1.82 bits per heavy atom.